The third-order valence-corrected chi connectivity index (χ3v) is 4.48. The molecular weight excluding hydrogens is 283 g/mol. The van der Waals surface area contributed by atoms with Crippen molar-refractivity contribution in [3.05, 3.63) is 52.1 Å². The second kappa shape index (κ2) is 5.21. The molecule has 0 spiro atoms. The Hall–Kier alpha value is -2.21. The van der Waals surface area contributed by atoms with E-state index in [0.29, 0.717) is 31.7 Å². The number of aromatic amines is 1. The SMILES string of the molecule is O=C(c1n[nH]c2c1CNCC2)N1CCc2cc(F)ccc2C1. The van der Waals surface area contributed by atoms with Crippen molar-refractivity contribution in [2.45, 2.75) is 25.9 Å². The summed E-state index contributed by atoms with van der Waals surface area (Å²) in [6.07, 6.45) is 1.56. The zero-order chi connectivity index (χ0) is 15.1. The van der Waals surface area contributed by atoms with Gasteiger partial charge in [-0.15, -0.1) is 0 Å². The van der Waals surface area contributed by atoms with E-state index in [2.05, 4.69) is 15.5 Å². The van der Waals surface area contributed by atoms with Crippen molar-refractivity contribution >= 4 is 5.91 Å². The zero-order valence-corrected chi connectivity index (χ0v) is 12.2. The van der Waals surface area contributed by atoms with Gasteiger partial charge in [-0.25, -0.2) is 4.39 Å². The normalized spacial score (nSPS) is 17.0. The number of hydrogen-bond acceptors (Lipinski definition) is 3. The van der Waals surface area contributed by atoms with Crippen LogP contribution in [0.1, 0.15) is 32.9 Å². The van der Waals surface area contributed by atoms with Crippen LogP contribution in [0.2, 0.25) is 0 Å². The van der Waals surface area contributed by atoms with E-state index >= 15 is 0 Å². The summed E-state index contributed by atoms with van der Waals surface area (Å²) in [7, 11) is 0. The van der Waals surface area contributed by atoms with Gasteiger partial charge in [0, 0.05) is 43.9 Å². The maximum absolute atomic E-state index is 13.3. The maximum Gasteiger partial charge on any atom is 0.275 e. The average molecular weight is 300 g/mol. The van der Waals surface area contributed by atoms with E-state index in [0.717, 1.165) is 35.3 Å². The van der Waals surface area contributed by atoms with Crippen LogP contribution in [0.5, 0.6) is 0 Å². The predicted octanol–water partition coefficient (Wildman–Crippen LogP) is 1.39. The fraction of sp³-hybridized carbons (Fsp3) is 0.375. The first-order valence-electron chi connectivity index (χ1n) is 7.56. The lowest BCUT2D eigenvalue weighted by molar-refractivity contribution is 0.0727. The third-order valence-electron chi connectivity index (χ3n) is 4.48. The molecule has 0 unspecified atom stereocenters. The van der Waals surface area contributed by atoms with Gasteiger partial charge in [-0.1, -0.05) is 6.07 Å². The van der Waals surface area contributed by atoms with Crippen molar-refractivity contribution in [1.82, 2.24) is 20.4 Å². The Balaban J connectivity index is 1.59. The van der Waals surface area contributed by atoms with Crippen molar-refractivity contribution in [2.24, 2.45) is 0 Å². The van der Waals surface area contributed by atoms with E-state index in [1.54, 1.807) is 17.0 Å². The first-order valence-corrected chi connectivity index (χ1v) is 7.56. The minimum Gasteiger partial charge on any atom is -0.333 e. The molecule has 6 heteroatoms. The smallest absolute Gasteiger partial charge is 0.275 e. The Morgan fingerprint density at radius 3 is 3.09 bits per heavy atom. The van der Waals surface area contributed by atoms with Crippen LogP contribution < -0.4 is 5.32 Å². The molecule has 1 aromatic heterocycles. The molecule has 2 aliphatic heterocycles. The largest absolute Gasteiger partial charge is 0.333 e. The van der Waals surface area contributed by atoms with Crippen LogP contribution in [0.3, 0.4) is 0 Å². The Morgan fingerprint density at radius 1 is 1.27 bits per heavy atom. The number of carbonyl (C=O) groups excluding carboxylic acids is 1. The van der Waals surface area contributed by atoms with E-state index < -0.39 is 0 Å². The third kappa shape index (κ3) is 2.20. The average Bonchev–Trinajstić information content (AvgIpc) is 2.97. The molecule has 0 atom stereocenters. The van der Waals surface area contributed by atoms with Crippen LogP contribution in [-0.2, 0) is 25.9 Å². The van der Waals surface area contributed by atoms with E-state index in [1.807, 2.05) is 0 Å². The lowest BCUT2D eigenvalue weighted by atomic mass is 9.99. The van der Waals surface area contributed by atoms with E-state index in [1.165, 1.54) is 6.07 Å². The monoisotopic (exact) mass is 300 g/mol. The zero-order valence-electron chi connectivity index (χ0n) is 12.2. The molecule has 1 aromatic carbocycles. The Morgan fingerprint density at radius 2 is 2.18 bits per heavy atom. The number of halogens is 1. The lowest BCUT2D eigenvalue weighted by Crippen LogP contribution is -2.37. The van der Waals surface area contributed by atoms with Crippen molar-refractivity contribution in [3.8, 4) is 0 Å². The maximum atomic E-state index is 13.3. The second-order valence-electron chi connectivity index (χ2n) is 5.85. The summed E-state index contributed by atoms with van der Waals surface area (Å²) in [5.41, 5.74) is 4.58. The van der Waals surface area contributed by atoms with Crippen molar-refractivity contribution in [1.29, 1.82) is 0 Å². The van der Waals surface area contributed by atoms with Crippen molar-refractivity contribution in [2.75, 3.05) is 13.1 Å². The topological polar surface area (TPSA) is 61.0 Å². The molecule has 114 valence electrons. The highest BCUT2D eigenvalue weighted by Crippen LogP contribution is 2.23. The van der Waals surface area contributed by atoms with E-state index in [4.69, 9.17) is 0 Å². The summed E-state index contributed by atoms with van der Waals surface area (Å²) in [5, 5.41) is 10.5. The molecule has 2 aliphatic rings. The highest BCUT2D eigenvalue weighted by Gasteiger charge is 2.27. The number of H-pyrrole nitrogens is 1. The van der Waals surface area contributed by atoms with Crippen LogP contribution >= 0.6 is 0 Å². The number of carbonyl (C=O) groups is 1. The van der Waals surface area contributed by atoms with Gasteiger partial charge in [-0.05, 0) is 29.7 Å². The molecule has 0 fully saturated rings. The van der Waals surface area contributed by atoms with E-state index in [9.17, 15) is 9.18 Å². The number of rotatable bonds is 1. The van der Waals surface area contributed by atoms with Crippen LogP contribution in [0.4, 0.5) is 4.39 Å². The molecular formula is C16H17FN4O. The molecule has 0 saturated heterocycles. The van der Waals surface area contributed by atoms with Gasteiger partial charge < -0.3 is 10.2 Å². The first-order chi connectivity index (χ1) is 10.7. The summed E-state index contributed by atoms with van der Waals surface area (Å²) in [4.78, 5) is 14.5. The number of nitrogens with zero attached hydrogens (tertiary/aromatic N) is 2. The number of nitrogens with one attached hydrogen (secondary N) is 2. The van der Waals surface area contributed by atoms with Gasteiger partial charge in [-0.3, -0.25) is 9.89 Å². The number of fused-ring (bicyclic) bond motifs is 2. The molecule has 0 saturated carbocycles. The van der Waals surface area contributed by atoms with Gasteiger partial charge in [-0.2, -0.15) is 5.10 Å². The predicted molar refractivity (Wildman–Crippen MR) is 78.8 cm³/mol. The van der Waals surface area contributed by atoms with Gasteiger partial charge in [0.1, 0.15) is 5.82 Å². The summed E-state index contributed by atoms with van der Waals surface area (Å²) < 4.78 is 13.3. The van der Waals surface area contributed by atoms with Crippen molar-refractivity contribution in [3.63, 3.8) is 0 Å². The minimum atomic E-state index is -0.217. The number of amides is 1. The summed E-state index contributed by atoms with van der Waals surface area (Å²) in [6.45, 7) is 2.71. The molecule has 22 heavy (non-hydrogen) atoms. The molecule has 2 aromatic rings. The minimum absolute atomic E-state index is 0.0452. The second-order valence-corrected chi connectivity index (χ2v) is 5.85. The molecule has 2 N–H and O–H groups in total. The number of aromatic nitrogens is 2. The molecule has 4 rings (SSSR count). The molecule has 1 amide bonds. The quantitative estimate of drug-likeness (QED) is 0.837. The standard InChI is InChI=1S/C16H17FN4O/c17-12-2-1-11-9-21(6-4-10(11)7-12)16(22)15-13-8-18-5-3-14(13)19-20-15/h1-2,7,18H,3-6,8-9H2,(H,19,20). The first kappa shape index (κ1) is 13.5. The Kier molecular flexibility index (Phi) is 3.18. The molecule has 0 aliphatic carbocycles. The van der Waals surface area contributed by atoms with Gasteiger partial charge in [0.05, 0.1) is 0 Å². The van der Waals surface area contributed by atoms with Crippen LogP contribution in [0, 0.1) is 5.82 Å². The van der Waals surface area contributed by atoms with Gasteiger partial charge in [0.25, 0.3) is 5.91 Å². The fourth-order valence-electron chi connectivity index (χ4n) is 3.25. The number of hydrogen-bond donors (Lipinski definition) is 2. The molecule has 0 radical (unpaired) electrons. The molecule has 5 nitrogen and oxygen atoms in total. The van der Waals surface area contributed by atoms with Crippen LogP contribution in [0.15, 0.2) is 18.2 Å². The Labute approximate surface area is 127 Å². The Bertz CT molecular complexity index is 740. The lowest BCUT2D eigenvalue weighted by Gasteiger charge is -2.28. The molecule has 3 heterocycles. The summed E-state index contributed by atoms with van der Waals surface area (Å²) in [5.74, 6) is -0.262. The van der Waals surface area contributed by atoms with E-state index in [-0.39, 0.29) is 11.7 Å². The summed E-state index contributed by atoms with van der Waals surface area (Å²) >= 11 is 0. The van der Waals surface area contributed by atoms with Gasteiger partial charge in [0.15, 0.2) is 5.69 Å². The van der Waals surface area contributed by atoms with Crippen LogP contribution in [-0.4, -0.2) is 34.1 Å². The molecule has 0 bridgehead atoms. The fourth-order valence-corrected chi connectivity index (χ4v) is 3.25. The van der Waals surface area contributed by atoms with Gasteiger partial charge >= 0.3 is 0 Å². The highest BCUT2D eigenvalue weighted by molar-refractivity contribution is 5.94. The summed E-state index contributed by atoms with van der Waals surface area (Å²) in [6, 6.07) is 4.79. The van der Waals surface area contributed by atoms with Crippen molar-refractivity contribution < 1.29 is 9.18 Å². The van der Waals surface area contributed by atoms with Gasteiger partial charge in [0.2, 0.25) is 0 Å². The highest BCUT2D eigenvalue weighted by atomic mass is 19.1. The number of benzene rings is 1. The van der Waals surface area contributed by atoms with Crippen LogP contribution in [0.25, 0.3) is 0 Å².